The molecule has 1 aromatic carbocycles. The summed E-state index contributed by atoms with van der Waals surface area (Å²) in [5.74, 6) is 0.874. The van der Waals surface area contributed by atoms with Crippen LogP contribution in [-0.4, -0.2) is 14.8 Å². The summed E-state index contributed by atoms with van der Waals surface area (Å²) in [6, 6.07) is 6.28. The summed E-state index contributed by atoms with van der Waals surface area (Å²) in [7, 11) is 0. The van der Waals surface area contributed by atoms with Gasteiger partial charge in [-0.1, -0.05) is 38.5 Å². The number of halogens is 1. The normalized spacial score (nSPS) is 11.9. The summed E-state index contributed by atoms with van der Waals surface area (Å²) in [6.07, 6.45) is 0. The highest BCUT2D eigenvalue weighted by molar-refractivity contribution is 6.28. The molecule has 0 amide bonds. The van der Waals surface area contributed by atoms with Gasteiger partial charge in [-0.25, -0.2) is 0 Å². The third kappa shape index (κ3) is 2.27. The maximum absolute atomic E-state index is 6.19. The minimum atomic E-state index is -0.0997. The highest BCUT2D eigenvalue weighted by atomic mass is 35.5. The van der Waals surface area contributed by atoms with E-state index in [1.165, 1.54) is 11.1 Å². The van der Waals surface area contributed by atoms with E-state index in [4.69, 9.17) is 11.6 Å². The van der Waals surface area contributed by atoms with E-state index in [1.807, 2.05) is 4.57 Å². The van der Waals surface area contributed by atoms with Crippen molar-refractivity contribution in [3.63, 3.8) is 0 Å². The second-order valence-corrected chi connectivity index (χ2v) is 6.01. The summed E-state index contributed by atoms with van der Waals surface area (Å²) in [4.78, 5) is 0. The monoisotopic (exact) mass is 263 g/mol. The average Bonchev–Trinajstić information content (AvgIpc) is 2.60. The minimum absolute atomic E-state index is 0.0997. The smallest absolute Gasteiger partial charge is 0.229 e. The van der Waals surface area contributed by atoms with Crippen molar-refractivity contribution in [2.45, 2.75) is 40.0 Å². The van der Waals surface area contributed by atoms with Crippen molar-refractivity contribution in [2.75, 3.05) is 0 Å². The van der Waals surface area contributed by atoms with E-state index >= 15 is 0 Å². The number of hydrogen-bond acceptors (Lipinski definition) is 2. The Balaban J connectivity index is 2.67. The molecule has 0 radical (unpaired) electrons. The van der Waals surface area contributed by atoms with E-state index in [-0.39, 0.29) is 5.41 Å². The quantitative estimate of drug-likeness (QED) is 0.783. The SMILES string of the molecule is Cc1ccc(-n2c(Cl)nnc2C(C)(C)C)c(C)c1. The molecule has 0 saturated carbocycles. The van der Waals surface area contributed by atoms with Gasteiger partial charge in [0.25, 0.3) is 0 Å². The van der Waals surface area contributed by atoms with Gasteiger partial charge in [0, 0.05) is 5.41 Å². The molecule has 0 aliphatic rings. The Kier molecular flexibility index (Phi) is 3.20. The lowest BCUT2D eigenvalue weighted by molar-refractivity contribution is 0.533. The van der Waals surface area contributed by atoms with E-state index < -0.39 is 0 Å². The van der Waals surface area contributed by atoms with Gasteiger partial charge in [-0.2, -0.15) is 0 Å². The van der Waals surface area contributed by atoms with Crippen LogP contribution in [0.15, 0.2) is 18.2 Å². The van der Waals surface area contributed by atoms with Crippen molar-refractivity contribution in [1.29, 1.82) is 0 Å². The van der Waals surface area contributed by atoms with E-state index in [1.54, 1.807) is 0 Å². The molecular weight excluding hydrogens is 246 g/mol. The molecule has 4 heteroatoms. The molecule has 0 spiro atoms. The molecule has 0 atom stereocenters. The van der Waals surface area contributed by atoms with Gasteiger partial charge in [0.15, 0.2) is 0 Å². The molecule has 1 aromatic heterocycles. The van der Waals surface area contributed by atoms with Gasteiger partial charge in [-0.15, -0.1) is 10.2 Å². The number of aromatic nitrogens is 3. The molecule has 0 fully saturated rings. The fraction of sp³-hybridized carbons (Fsp3) is 0.429. The zero-order valence-corrected chi connectivity index (χ0v) is 12.2. The highest BCUT2D eigenvalue weighted by Gasteiger charge is 2.24. The van der Waals surface area contributed by atoms with Crippen molar-refractivity contribution in [1.82, 2.24) is 14.8 Å². The van der Waals surface area contributed by atoms with E-state index in [0.717, 1.165) is 11.5 Å². The zero-order valence-electron chi connectivity index (χ0n) is 11.5. The molecule has 0 aliphatic heterocycles. The molecule has 0 saturated heterocycles. The first-order valence-electron chi connectivity index (χ1n) is 6.00. The van der Waals surface area contributed by atoms with Crippen LogP contribution in [0.4, 0.5) is 0 Å². The molecule has 0 unspecified atom stereocenters. The van der Waals surface area contributed by atoms with Crippen LogP contribution in [0.25, 0.3) is 5.69 Å². The molecule has 0 N–H and O–H groups in total. The van der Waals surface area contributed by atoms with E-state index in [9.17, 15) is 0 Å². The predicted octanol–water partition coefficient (Wildman–Crippen LogP) is 3.84. The van der Waals surface area contributed by atoms with Crippen LogP contribution < -0.4 is 0 Å². The van der Waals surface area contributed by atoms with Crippen molar-refractivity contribution >= 4 is 11.6 Å². The van der Waals surface area contributed by atoms with E-state index in [0.29, 0.717) is 5.28 Å². The Bertz CT molecular complexity index is 579. The minimum Gasteiger partial charge on any atom is -0.269 e. The topological polar surface area (TPSA) is 30.7 Å². The first-order valence-corrected chi connectivity index (χ1v) is 6.37. The fourth-order valence-corrected chi connectivity index (χ4v) is 2.23. The maximum atomic E-state index is 6.19. The van der Waals surface area contributed by atoms with Crippen LogP contribution in [0.1, 0.15) is 37.7 Å². The first kappa shape index (κ1) is 13.1. The van der Waals surface area contributed by atoms with Crippen molar-refractivity contribution in [3.05, 3.63) is 40.4 Å². The lowest BCUT2D eigenvalue weighted by Crippen LogP contribution is -2.18. The predicted molar refractivity (Wildman–Crippen MR) is 74.5 cm³/mol. The van der Waals surface area contributed by atoms with Gasteiger partial charge in [0.05, 0.1) is 5.69 Å². The highest BCUT2D eigenvalue weighted by Crippen LogP contribution is 2.28. The second-order valence-electron chi connectivity index (χ2n) is 5.67. The lowest BCUT2D eigenvalue weighted by atomic mass is 9.95. The van der Waals surface area contributed by atoms with E-state index in [2.05, 4.69) is 63.0 Å². The molecule has 1 heterocycles. The molecule has 0 bridgehead atoms. The molecule has 3 nitrogen and oxygen atoms in total. The van der Waals surface area contributed by atoms with Gasteiger partial charge in [0.1, 0.15) is 5.82 Å². The van der Waals surface area contributed by atoms with Crippen molar-refractivity contribution < 1.29 is 0 Å². The zero-order chi connectivity index (χ0) is 13.5. The number of nitrogens with zero attached hydrogens (tertiary/aromatic N) is 3. The third-order valence-corrected chi connectivity index (χ3v) is 3.13. The average molecular weight is 264 g/mol. The van der Waals surface area contributed by atoms with Gasteiger partial charge < -0.3 is 0 Å². The van der Waals surface area contributed by atoms with Crippen LogP contribution in [0.3, 0.4) is 0 Å². The summed E-state index contributed by atoms with van der Waals surface area (Å²) in [5, 5.41) is 8.62. The Labute approximate surface area is 113 Å². The van der Waals surface area contributed by atoms with Gasteiger partial charge in [-0.05, 0) is 37.1 Å². The third-order valence-electron chi connectivity index (χ3n) is 2.89. The summed E-state index contributed by atoms with van der Waals surface area (Å²) >= 11 is 6.19. The summed E-state index contributed by atoms with van der Waals surface area (Å²) in [6.45, 7) is 10.5. The molecule has 2 rings (SSSR count). The molecule has 18 heavy (non-hydrogen) atoms. The largest absolute Gasteiger partial charge is 0.269 e. The second kappa shape index (κ2) is 4.39. The van der Waals surface area contributed by atoms with Crippen LogP contribution >= 0.6 is 11.6 Å². The van der Waals surface area contributed by atoms with Crippen LogP contribution in [0.5, 0.6) is 0 Å². The Morgan fingerprint density at radius 3 is 2.33 bits per heavy atom. The molecule has 0 aliphatic carbocycles. The fourth-order valence-electron chi connectivity index (χ4n) is 2.02. The van der Waals surface area contributed by atoms with Crippen molar-refractivity contribution in [3.8, 4) is 5.69 Å². The standard InChI is InChI=1S/C14H18ClN3/c1-9-6-7-11(10(2)8-9)18-12(14(3,4)5)16-17-13(18)15/h6-8H,1-5H3. The van der Waals surface area contributed by atoms with Gasteiger partial charge in [0.2, 0.25) is 5.28 Å². The Hall–Kier alpha value is -1.35. The van der Waals surface area contributed by atoms with Crippen molar-refractivity contribution in [2.24, 2.45) is 0 Å². The number of aryl methyl sites for hydroxylation is 2. The molecular formula is C14H18ClN3. The Morgan fingerprint density at radius 1 is 1.11 bits per heavy atom. The van der Waals surface area contributed by atoms with Crippen LogP contribution in [0.2, 0.25) is 5.28 Å². The maximum Gasteiger partial charge on any atom is 0.229 e. The van der Waals surface area contributed by atoms with Crippen LogP contribution in [-0.2, 0) is 5.41 Å². The number of rotatable bonds is 1. The Morgan fingerprint density at radius 2 is 1.78 bits per heavy atom. The lowest BCUT2D eigenvalue weighted by Gasteiger charge is -2.20. The number of hydrogen-bond donors (Lipinski definition) is 0. The number of benzene rings is 1. The summed E-state index contributed by atoms with van der Waals surface area (Å²) < 4.78 is 1.93. The molecule has 2 aromatic rings. The summed E-state index contributed by atoms with van der Waals surface area (Å²) in [5.41, 5.74) is 3.35. The van der Waals surface area contributed by atoms with Gasteiger partial charge >= 0.3 is 0 Å². The van der Waals surface area contributed by atoms with Gasteiger partial charge in [-0.3, -0.25) is 4.57 Å². The molecule has 96 valence electrons. The van der Waals surface area contributed by atoms with Crippen LogP contribution in [0, 0.1) is 13.8 Å². The first-order chi connectivity index (χ1) is 8.30.